The Bertz CT molecular complexity index is 1070. The SMILES string of the molecule is COc1ccc2nc(NC(=O)CSC(C)c3nc4ccccc4[nH]3)sc2c1. The lowest BCUT2D eigenvalue weighted by molar-refractivity contribution is -0.113. The number of carbonyl (C=O) groups excluding carboxylic acids is 1. The molecule has 0 aliphatic carbocycles. The van der Waals surface area contributed by atoms with Crippen molar-refractivity contribution < 1.29 is 9.53 Å². The molecule has 138 valence electrons. The molecule has 27 heavy (non-hydrogen) atoms. The lowest BCUT2D eigenvalue weighted by Crippen LogP contribution is -2.14. The Morgan fingerprint density at radius 2 is 2.11 bits per heavy atom. The second-order valence-corrected chi connectivity index (χ2v) is 8.35. The lowest BCUT2D eigenvalue weighted by Gasteiger charge is -2.07. The third-order valence-electron chi connectivity index (χ3n) is 4.10. The van der Waals surface area contributed by atoms with Gasteiger partial charge in [0.1, 0.15) is 11.6 Å². The van der Waals surface area contributed by atoms with Gasteiger partial charge in [0, 0.05) is 0 Å². The number of hydrogen-bond acceptors (Lipinski definition) is 6. The zero-order chi connectivity index (χ0) is 18.8. The minimum atomic E-state index is -0.0750. The van der Waals surface area contributed by atoms with Crippen molar-refractivity contribution in [1.29, 1.82) is 0 Å². The van der Waals surface area contributed by atoms with Crippen LogP contribution in [-0.2, 0) is 4.79 Å². The predicted molar refractivity (Wildman–Crippen MR) is 112 cm³/mol. The summed E-state index contributed by atoms with van der Waals surface area (Å²) in [6.45, 7) is 2.04. The van der Waals surface area contributed by atoms with Gasteiger partial charge in [-0.25, -0.2) is 9.97 Å². The average molecular weight is 399 g/mol. The molecule has 0 saturated carbocycles. The summed E-state index contributed by atoms with van der Waals surface area (Å²) in [6, 6.07) is 13.6. The van der Waals surface area contributed by atoms with Gasteiger partial charge >= 0.3 is 0 Å². The van der Waals surface area contributed by atoms with Gasteiger partial charge in [-0.3, -0.25) is 4.79 Å². The largest absolute Gasteiger partial charge is 0.497 e. The number of ether oxygens (including phenoxy) is 1. The maximum absolute atomic E-state index is 12.3. The smallest absolute Gasteiger partial charge is 0.236 e. The number of amides is 1. The molecule has 1 atom stereocenters. The number of aromatic nitrogens is 3. The number of rotatable bonds is 6. The van der Waals surface area contributed by atoms with Crippen LogP contribution in [0.2, 0.25) is 0 Å². The number of carbonyl (C=O) groups is 1. The van der Waals surface area contributed by atoms with Crippen LogP contribution in [-0.4, -0.2) is 33.7 Å². The molecule has 0 spiro atoms. The number of hydrogen-bond donors (Lipinski definition) is 2. The van der Waals surface area contributed by atoms with E-state index in [0.29, 0.717) is 10.9 Å². The van der Waals surface area contributed by atoms with Gasteiger partial charge in [-0.1, -0.05) is 23.5 Å². The van der Waals surface area contributed by atoms with Crippen LogP contribution < -0.4 is 10.1 Å². The first kappa shape index (κ1) is 17.8. The average Bonchev–Trinajstić information content (AvgIpc) is 3.28. The molecule has 0 aliphatic heterocycles. The number of anilines is 1. The Kier molecular flexibility index (Phi) is 5.00. The molecule has 2 heterocycles. The first-order chi connectivity index (χ1) is 13.1. The number of H-pyrrole nitrogens is 1. The highest BCUT2D eigenvalue weighted by molar-refractivity contribution is 8.00. The van der Waals surface area contributed by atoms with Crippen molar-refractivity contribution in [3.63, 3.8) is 0 Å². The Morgan fingerprint density at radius 3 is 2.93 bits per heavy atom. The van der Waals surface area contributed by atoms with E-state index in [2.05, 4.69) is 20.3 Å². The normalized spacial score (nSPS) is 12.4. The number of aromatic amines is 1. The quantitative estimate of drug-likeness (QED) is 0.496. The van der Waals surface area contributed by atoms with Gasteiger partial charge in [-0.15, -0.1) is 11.8 Å². The zero-order valence-electron chi connectivity index (χ0n) is 14.9. The Labute approximate surface area is 164 Å². The Morgan fingerprint density at radius 1 is 1.26 bits per heavy atom. The molecule has 1 unspecified atom stereocenters. The van der Waals surface area contributed by atoms with Crippen molar-refractivity contribution in [1.82, 2.24) is 15.0 Å². The highest BCUT2D eigenvalue weighted by atomic mass is 32.2. The molecule has 0 radical (unpaired) electrons. The maximum atomic E-state index is 12.3. The van der Waals surface area contributed by atoms with Gasteiger partial charge in [-0.05, 0) is 37.3 Å². The van der Waals surface area contributed by atoms with Crippen LogP contribution in [0.4, 0.5) is 5.13 Å². The van der Waals surface area contributed by atoms with E-state index in [4.69, 9.17) is 4.74 Å². The fraction of sp³-hybridized carbons (Fsp3) is 0.211. The number of thioether (sulfide) groups is 1. The van der Waals surface area contributed by atoms with Gasteiger partial charge in [0.05, 0.1) is 39.4 Å². The third kappa shape index (κ3) is 3.91. The van der Waals surface area contributed by atoms with E-state index in [1.54, 1.807) is 7.11 Å². The van der Waals surface area contributed by atoms with E-state index in [0.717, 1.165) is 32.8 Å². The highest BCUT2D eigenvalue weighted by Crippen LogP contribution is 2.30. The molecule has 4 aromatic rings. The number of para-hydroxylation sites is 2. The van der Waals surface area contributed by atoms with Gasteiger partial charge in [0.15, 0.2) is 5.13 Å². The van der Waals surface area contributed by atoms with Crippen LogP contribution in [0.5, 0.6) is 5.75 Å². The predicted octanol–water partition coefficient (Wildman–Crippen LogP) is 4.61. The number of nitrogens with one attached hydrogen (secondary N) is 2. The third-order valence-corrected chi connectivity index (χ3v) is 6.18. The second kappa shape index (κ2) is 7.58. The topological polar surface area (TPSA) is 79.9 Å². The van der Waals surface area contributed by atoms with E-state index < -0.39 is 0 Å². The minimum Gasteiger partial charge on any atom is -0.497 e. The van der Waals surface area contributed by atoms with Crippen LogP contribution in [0.15, 0.2) is 42.5 Å². The molecule has 0 fully saturated rings. The molecule has 0 bridgehead atoms. The molecular weight excluding hydrogens is 380 g/mol. The van der Waals surface area contributed by atoms with Crippen molar-refractivity contribution in [2.45, 2.75) is 12.2 Å². The van der Waals surface area contributed by atoms with E-state index in [1.807, 2.05) is 49.4 Å². The Hall–Kier alpha value is -2.58. The lowest BCUT2D eigenvalue weighted by atomic mass is 10.3. The number of thiazole rings is 1. The minimum absolute atomic E-state index is 0.0750. The van der Waals surface area contributed by atoms with Crippen LogP contribution in [0.1, 0.15) is 18.0 Å². The molecule has 4 rings (SSSR count). The monoisotopic (exact) mass is 398 g/mol. The van der Waals surface area contributed by atoms with E-state index in [1.165, 1.54) is 23.1 Å². The van der Waals surface area contributed by atoms with Crippen molar-refractivity contribution in [2.75, 3.05) is 18.2 Å². The van der Waals surface area contributed by atoms with Crippen molar-refractivity contribution in [3.8, 4) is 5.75 Å². The standard InChI is InChI=1S/C19H18N4O2S2/c1-11(18-20-13-5-3-4-6-14(13)21-18)26-10-17(24)23-19-22-15-8-7-12(25-2)9-16(15)27-19/h3-9,11H,10H2,1-2H3,(H,20,21)(H,22,23,24). The number of nitrogens with zero attached hydrogens (tertiary/aromatic N) is 2. The zero-order valence-corrected chi connectivity index (χ0v) is 16.5. The van der Waals surface area contributed by atoms with Crippen LogP contribution in [0.25, 0.3) is 21.3 Å². The summed E-state index contributed by atoms with van der Waals surface area (Å²) in [4.78, 5) is 24.6. The molecule has 2 aromatic heterocycles. The van der Waals surface area contributed by atoms with Crippen LogP contribution >= 0.6 is 23.1 Å². The fourth-order valence-corrected chi connectivity index (χ4v) is 4.34. The first-order valence-corrected chi connectivity index (χ1v) is 10.3. The van der Waals surface area contributed by atoms with Gasteiger partial charge < -0.3 is 15.0 Å². The second-order valence-electron chi connectivity index (χ2n) is 5.99. The van der Waals surface area contributed by atoms with Crippen molar-refractivity contribution in [2.24, 2.45) is 0 Å². The van der Waals surface area contributed by atoms with Gasteiger partial charge in [-0.2, -0.15) is 0 Å². The summed E-state index contributed by atoms with van der Waals surface area (Å²) in [5.74, 6) is 1.91. The van der Waals surface area contributed by atoms with Crippen molar-refractivity contribution >= 4 is 55.4 Å². The van der Waals surface area contributed by atoms with E-state index in [9.17, 15) is 4.79 Å². The first-order valence-electron chi connectivity index (χ1n) is 8.43. The summed E-state index contributed by atoms with van der Waals surface area (Å²) >= 11 is 2.97. The van der Waals surface area contributed by atoms with Crippen molar-refractivity contribution in [3.05, 3.63) is 48.3 Å². The van der Waals surface area contributed by atoms with Crippen LogP contribution in [0.3, 0.4) is 0 Å². The van der Waals surface area contributed by atoms with E-state index in [-0.39, 0.29) is 11.2 Å². The molecule has 0 aliphatic rings. The van der Waals surface area contributed by atoms with Crippen LogP contribution in [0, 0.1) is 0 Å². The van der Waals surface area contributed by atoms with Gasteiger partial charge in [0.25, 0.3) is 0 Å². The summed E-state index contributed by atoms with van der Waals surface area (Å²) in [6.07, 6.45) is 0. The van der Waals surface area contributed by atoms with Gasteiger partial charge in [0.2, 0.25) is 5.91 Å². The summed E-state index contributed by atoms with van der Waals surface area (Å²) < 4.78 is 6.20. The maximum Gasteiger partial charge on any atom is 0.236 e. The number of fused-ring (bicyclic) bond motifs is 2. The molecule has 1 amide bonds. The molecular formula is C19H18N4O2S2. The number of benzene rings is 2. The number of methoxy groups -OCH3 is 1. The summed E-state index contributed by atoms with van der Waals surface area (Å²) in [5, 5.41) is 3.56. The fourth-order valence-electron chi connectivity index (χ4n) is 2.69. The molecule has 2 aromatic carbocycles. The Balaban J connectivity index is 1.37. The molecule has 8 heteroatoms. The molecule has 2 N–H and O–H groups in total. The highest BCUT2D eigenvalue weighted by Gasteiger charge is 2.14. The molecule has 6 nitrogen and oxygen atoms in total. The summed E-state index contributed by atoms with van der Waals surface area (Å²) in [7, 11) is 1.63. The number of imidazole rings is 1. The summed E-state index contributed by atoms with van der Waals surface area (Å²) in [5.41, 5.74) is 2.79. The van der Waals surface area contributed by atoms with E-state index >= 15 is 0 Å². The molecule has 0 saturated heterocycles.